The summed E-state index contributed by atoms with van der Waals surface area (Å²) < 4.78 is 48.7. The summed E-state index contributed by atoms with van der Waals surface area (Å²) >= 11 is 0. The highest BCUT2D eigenvalue weighted by Gasteiger charge is 2.35. The molecule has 0 bridgehead atoms. The minimum atomic E-state index is -4.70. The van der Waals surface area contributed by atoms with Crippen molar-refractivity contribution in [2.45, 2.75) is 12.3 Å². The molecule has 0 aromatic heterocycles. The van der Waals surface area contributed by atoms with Gasteiger partial charge < -0.3 is 14.8 Å². The number of ether oxygens (including phenoxy) is 2. The maximum atomic E-state index is 12.9. The fourth-order valence-corrected chi connectivity index (χ4v) is 1.65. The van der Waals surface area contributed by atoms with Crippen LogP contribution in [0.25, 0.3) is 0 Å². The maximum absolute atomic E-state index is 12.9. The van der Waals surface area contributed by atoms with Gasteiger partial charge in [-0.15, -0.1) is 0 Å². The Morgan fingerprint density at radius 2 is 2.05 bits per heavy atom. The number of hydrogen-bond donors (Lipinski definition) is 1. The normalized spacial score (nSPS) is 13.0. The zero-order valence-electron chi connectivity index (χ0n) is 11.4. The summed E-state index contributed by atoms with van der Waals surface area (Å²) in [7, 11) is 2.85. The maximum Gasteiger partial charge on any atom is 0.418 e. The molecule has 0 spiro atoms. The Kier molecular flexibility index (Phi) is 5.91. The van der Waals surface area contributed by atoms with Gasteiger partial charge in [0.1, 0.15) is 0 Å². The van der Waals surface area contributed by atoms with Gasteiger partial charge in [0.25, 0.3) is 5.69 Å². The van der Waals surface area contributed by atoms with Gasteiger partial charge in [-0.1, -0.05) is 0 Å². The van der Waals surface area contributed by atoms with E-state index in [0.717, 1.165) is 12.1 Å². The second-order valence-electron chi connectivity index (χ2n) is 4.18. The molecule has 0 fully saturated rings. The molecule has 6 nitrogen and oxygen atoms in total. The number of halogens is 3. The second kappa shape index (κ2) is 7.23. The molecule has 0 saturated carbocycles. The summed E-state index contributed by atoms with van der Waals surface area (Å²) in [4.78, 5) is 9.70. The number of methoxy groups -OCH3 is 2. The first-order chi connectivity index (χ1) is 9.79. The van der Waals surface area contributed by atoms with Gasteiger partial charge in [0, 0.05) is 38.6 Å². The molecule has 0 heterocycles. The summed E-state index contributed by atoms with van der Waals surface area (Å²) in [6, 6.07) is 2.54. The number of rotatable bonds is 7. The molecule has 0 aliphatic rings. The molecule has 118 valence electrons. The lowest BCUT2D eigenvalue weighted by Gasteiger charge is -2.18. The van der Waals surface area contributed by atoms with E-state index in [1.807, 2.05) is 0 Å². The lowest BCUT2D eigenvalue weighted by molar-refractivity contribution is -0.385. The minimum absolute atomic E-state index is 0.0746. The minimum Gasteiger partial charge on any atom is -0.382 e. The van der Waals surface area contributed by atoms with Crippen LogP contribution in [0.4, 0.5) is 24.5 Å². The van der Waals surface area contributed by atoms with Gasteiger partial charge in [0.05, 0.1) is 23.2 Å². The lowest BCUT2D eigenvalue weighted by Crippen LogP contribution is -2.27. The molecule has 0 aliphatic heterocycles. The lowest BCUT2D eigenvalue weighted by atomic mass is 10.1. The predicted molar refractivity (Wildman–Crippen MR) is 69.3 cm³/mol. The number of anilines is 1. The van der Waals surface area contributed by atoms with Crippen molar-refractivity contribution >= 4 is 11.4 Å². The van der Waals surface area contributed by atoms with Crippen molar-refractivity contribution in [1.29, 1.82) is 0 Å². The van der Waals surface area contributed by atoms with E-state index in [1.54, 1.807) is 0 Å². The number of nitro groups is 1. The molecular formula is C12H15F3N2O4. The van der Waals surface area contributed by atoms with E-state index in [-0.39, 0.29) is 18.8 Å². The van der Waals surface area contributed by atoms with Gasteiger partial charge in [-0.3, -0.25) is 10.1 Å². The fourth-order valence-electron chi connectivity index (χ4n) is 1.65. The average Bonchev–Trinajstić information content (AvgIpc) is 2.42. The second-order valence-corrected chi connectivity index (χ2v) is 4.18. The van der Waals surface area contributed by atoms with Gasteiger partial charge in [0.15, 0.2) is 0 Å². The van der Waals surface area contributed by atoms with Gasteiger partial charge >= 0.3 is 6.18 Å². The molecule has 0 radical (unpaired) electrons. The zero-order valence-corrected chi connectivity index (χ0v) is 11.4. The van der Waals surface area contributed by atoms with Gasteiger partial charge in [-0.2, -0.15) is 13.2 Å². The third-order valence-corrected chi connectivity index (χ3v) is 2.73. The van der Waals surface area contributed by atoms with E-state index in [2.05, 4.69) is 5.32 Å². The molecule has 0 amide bonds. The molecule has 21 heavy (non-hydrogen) atoms. The van der Waals surface area contributed by atoms with Crippen molar-refractivity contribution in [3.8, 4) is 0 Å². The van der Waals surface area contributed by atoms with Crippen molar-refractivity contribution in [3.05, 3.63) is 33.9 Å². The number of non-ortho nitro benzene ring substituents is 1. The topological polar surface area (TPSA) is 73.6 Å². The highest BCUT2D eigenvalue weighted by molar-refractivity contribution is 5.57. The van der Waals surface area contributed by atoms with Crippen molar-refractivity contribution < 1.29 is 27.6 Å². The third-order valence-electron chi connectivity index (χ3n) is 2.73. The Labute approximate surface area is 119 Å². The summed E-state index contributed by atoms with van der Waals surface area (Å²) in [6.45, 7) is 0.281. The Morgan fingerprint density at radius 1 is 1.38 bits per heavy atom. The van der Waals surface area contributed by atoms with Crippen molar-refractivity contribution in [1.82, 2.24) is 0 Å². The van der Waals surface area contributed by atoms with Crippen LogP contribution in [0.3, 0.4) is 0 Å². The van der Waals surface area contributed by atoms with Crippen LogP contribution in [0.1, 0.15) is 5.56 Å². The van der Waals surface area contributed by atoms with Crippen LogP contribution in [-0.2, 0) is 15.7 Å². The summed E-state index contributed by atoms with van der Waals surface area (Å²) in [6.07, 6.45) is -5.13. The summed E-state index contributed by atoms with van der Waals surface area (Å²) in [5.41, 5.74) is -1.96. The van der Waals surface area contributed by atoms with E-state index in [0.29, 0.717) is 6.07 Å². The Morgan fingerprint density at radius 3 is 2.52 bits per heavy atom. The van der Waals surface area contributed by atoms with Crippen LogP contribution in [0.2, 0.25) is 0 Å². The highest BCUT2D eigenvalue weighted by Crippen LogP contribution is 2.37. The first-order valence-corrected chi connectivity index (χ1v) is 5.90. The molecule has 1 N–H and O–H groups in total. The van der Waals surface area contributed by atoms with E-state index < -0.39 is 28.5 Å². The monoisotopic (exact) mass is 308 g/mol. The predicted octanol–water partition coefficient (Wildman–Crippen LogP) is 2.69. The number of hydrogen-bond acceptors (Lipinski definition) is 5. The van der Waals surface area contributed by atoms with Gasteiger partial charge in [0.2, 0.25) is 0 Å². The van der Waals surface area contributed by atoms with Gasteiger partial charge in [-0.05, 0) is 6.07 Å². The van der Waals surface area contributed by atoms with E-state index in [4.69, 9.17) is 9.47 Å². The molecule has 1 atom stereocenters. The van der Waals surface area contributed by atoms with Crippen molar-refractivity contribution in [3.63, 3.8) is 0 Å². The van der Waals surface area contributed by atoms with Crippen LogP contribution in [0.5, 0.6) is 0 Å². The molecule has 1 rings (SSSR count). The Balaban J connectivity index is 2.98. The van der Waals surface area contributed by atoms with Crippen LogP contribution in [0.15, 0.2) is 18.2 Å². The average molecular weight is 308 g/mol. The third kappa shape index (κ3) is 4.87. The van der Waals surface area contributed by atoms with Crippen LogP contribution < -0.4 is 5.32 Å². The highest BCUT2D eigenvalue weighted by atomic mass is 19.4. The summed E-state index contributed by atoms with van der Waals surface area (Å²) in [5.74, 6) is 0. The molecule has 1 aromatic carbocycles. The molecule has 0 saturated heterocycles. The number of nitrogens with zero attached hydrogens (tertiary/aromatic N) is 1. The first-order valence-electron chi connectivity index (χ1n) is 5.90. The zero-order chi connectivity index (χ0) is 16.0. The van der Waals surface area contributed by atoms with E-state index in [9.17, 15) is 23.3 Å². The number of nitrogens with one attached hydrogen (secondary N) is 1. The standard InChI is InChI=1S/C12H15F3N2O4/c1-20-7-9(21-2)6-16-11-4-3-8(17(18)19)5-10(11)12(13,14)15/h3-5,9,16H,6-7H2,1-2H3. The largest absolute Gasteiger partial charge is 0.418 e. The van der Waals surface area contributed by atoms with E-state index in [1.165, 1.54) is 14.2 Å². The van der Waals surface area contributed by atoms with E-state index >= 15 is 0 Å². The molecule has 1 unspecified atom stereocenters. The molecule has 0 aliphatic carbocycles. The van der Waals surface area contributed by atoms with Crippen molar-refractivity contribution in [2.75, 3.05) is 32.7 Å². The first kappa shape index (κ1) is 17.2. The van der Waals surface area contributed by atoms with Crippen LogP contribution >= 0.6 is 0 Å². The van der Waals surface area contributed by atoms with Crippen LogP contribution in [0, 0.1) is 10.1 Å². The van der Waals surface area contributed by atoms with Crippen molar-refractivity contribution in [2.24, 2.45) is 0 Å². The Hall–Kier alpha value is -1.87. The fraction of sp³-hybridized carbons (Fsp3) is 0.500. The summed E-state index contributed by atoms with van der Waals surface area (Å²) in [5, 5.41) is 13.1. The molecule has 1 aromatic rings. The smallest absolute Gasteiger partial charge is 0.382 e. The molecule has 9 heteroatoms. The number of alkyl halides is 3. The molecular weight excluding hydrogens is 293 g/mol. The quantitative estimate of drug-likeness (QED) is 0.619. The number of benzene rings is 1. The van der Waals surface area contributed by atoms with Gasteiger partial charge in [-0.25, -0.2) is 0 Å². The number of nitro benzene ring substituents is 1. The SMILES string of the molecule is COCC(CNc1ccc([N+](=O)[O-])cc1C(F)(F)F)OC. The van der Waals surface area contributed by atoms with Crippen LogP contribution in [-0.4, -0.2) is 38.4 Å². The Bertz CT molecular complexity index is 494.